The molecule has 0 bridgehead atoms. The average Bonchev–Trinajstić information content (AvgIpc) is 2.71. The molecule has 150 valence electrons. The first-order valence-electron chi connectivity index (χ1n) is 9.77. The number of carbonyl (C=O) groups is 2. The van der Waals surface area contributed by atoms with E-state index in [2.05, 4.69) is 22.9 Å². The highest BCUT2D eigenvalue weighted by atomic mass is 16.5. The van der Waals surface area contributed by atoms with Crippen LogP contribution in [0.15, 0.2) is 48.5 Å². The molecule has 28 heavy (non-hydrogen) atoms. The van der Waals surface area contributed by atoms with E-state index in [1.165, 1.54) is 0 Å². The van der Waals surface area contributed by atoms with Crippen molar-refractivity contribution in [3.05, 3.63) is 54.1 Å². The maximum atomic E-state index is 12.2. The van der Waals surface area contributed by atoms with E-state index >= 15 is 0 Å². The van der Waals surface area contributed by atoms with Crippen LogP contribution in [0.1, 0.15) is 43.5 Å². The van der Waals surface area contributed by atoms with Crippen LogP contribution in [0.5, 0.6) is 5.75 Å². The molecule has 0 aromatic heterocycles. The van der Waals surface area contributed by atoms with Gasteiger partial charge in [0.2, 0.25) is 5.91 Å². The van der Waals surface area contributed by atoms with Crippen LogP contribution in [0.2, 0.25) is 0 Å². The Hall–Kier alpha value is -3.02. The van der Waals surface area contributed by atoms with E-state index in [9.17, 15) is 9.59 Å². The minimum absolute atomic E-state index is 0.0982. The highest BCUT2D eigenvalue weighted by Crippen LogP contribution is 2.17. The zero-order valence-corrected chi connectivity index (χ0v) is 16.6. The van der Waals surface area contributed by atoms with Crippen molar-refractivity contribution >= 4 is 23.2 Å². The quantitative estimate of drug-likeness (QED) is 0.511. The molecule has 2 aromatic carbocycles. The van der Waals surface area contributed by atoms with Crippen molar-refractivity contribution in [2.45, 2.75) is 33.1 Å². The summed E-state index contributed by atoms with van der Waals surface area (Å²) in [6, 6.07) is 14.4. The van der Waals surface area contributed by atoms with Gasteiger partial charge in [0.25, 0.3) is 5.91 Å². The number of carbonyl (C=O) groups excluding carboxylic acids is 2. The van der Waals surface area contributed by atoms with Crippen LogP contribution in [0.4, 0.5) is 11.4 Å². The van der Waals surface area contributed by atoms with Crippen molar-refractivity contribution in [1.82, 2.24) is 5.32 Å². The van der Waals surface area contributed by atoms with Crippen molar-refractivity contribution in [3.8, 4) is 5.75 Å². The van der Waals surface area contributed by atoms with Crippen LogP contribution in [-0.4, -0.2) is 31.5 Å². The summed E-state index contributed by atoms with van der Waals surface area (Å²) in [6.45, 7) is 5.52. The molecular formula is C22H29N3O3. The molecule has 0 fully saturated rings. The topological polar surface area (TPSA) is 79.5 Å². The van der Waals surface area contributed by atoms with Gasteiger partial charge in [-0.3, -0.25) is 9.59 Å². The lowest BCUT2D eigenvalue weighted by Gasteiger charge is -2.11. The summed E-state index contributed by atoms with van der Waals surface area (Å²) in [6.07, 6.45) is 2.91. The van der Waals surface area contributed by atoms with E-state index in [0.29, 0.717) is 24.4 Å². The van der Waals surface area contributed by atoms with Crippen LogP contribution in [-0.2, 0) is 4.79 Å². The smallest absolute Gasteiger partial charge is 0.251 e. The van der Waals surface area contributed by atoms with Gasteiger partial charge in [0.15, 0.2) is 0 Å². The van der Waals surface area contributed by atoms with E-state index in [0.717, 1.165) is 30.7 Å². The Morgan fingerprint density at radius 1 is 0.964 bits per heavy atom. The van der Waals surface area contributed by atoms with Crippen LogP contribution < -0.4 is 20.7 Å². The molecular weight excluding hydrogens is 354 g/mol. The second-order valence-electron chi connectivity index (χ2n) is 6.47. The number of benzene rings is 2. The number of hydrogen-bond donors (Lipinski definition) is 3. The summed E-state index contributed by atoms with van der Waals surface area (Å²) < 4.78 is 5.57. The molecule has 0 radical (unpaired) electrons. The molecule has 0 saturated carbocycles. The van der Waals surface area contributed by atoms with Gasteiger partial charge < -0.3 is 20.7 Å². The van der Waals surface area contributed by atoms with Gasteiger partial charge in [0.05, 0.1) is 13.2 Å². The first-order chi connectivity index (χ1) is 13.6. The lowest BCUT2D eigenvalue weighted by atomic mass is 10.2. The summed E-state index contributed by atoms with van der Waals surface area (Å²) in [5, 5.41) is 8.78. The predicted octanol–water partition coefficient (Wildman–Crippen LogP) is 4.06. The molecule has 0 spiro atoms. The SMILES string of the molecule is CCCCNC(=O)c1cccc(NCC(=O)Nc2cccc(OCCC)c2)c1. The van der Waals surface area contributed by atoms with Crippen molar-refractivity contribution in [2.75, 3.05) is 30.3 Å². The molecule has 3 N–H and O–H groups in total. The highest BCUT2D eigenvalue weighted by Gasteiger charge is 2.07. The Balaban J connectivity index is 1.85. The Morgan fingerprint density at radius 2 is 1.75 bits per heavy atom. The lowest BCUT2D eigenvalue weighted by molar-refractivity contribution is -0.114. The largest absolute Gasteiger partial charge is 0.494 e. The highest BCUT2D eigenvalue weighted by molar-refractivity contribution is 5.96. The van der Waals surface area contributed by atoms with E-state index in [1.807, 2.05) is 31.2 Å². The van der Waals surface area contributed by atoms with Crippen LogP contribution in [0.3, 0.4) is 0 Å². The first-order valence-corrected chi connectivity index (χ1v) is 9.77. The number of anilines is 2. The number of nitrogens with one attached hydrogen (secondary N) is 3. The van der Waals surface area contributed by atoms with E-state index in [4.69, 9.17) is 4.74 Å². The summed E-state index contributed by atoms with van der Waals surface area (Å²) in [4.78, 5) is 24.3. The summed E-state index contributed by atoms with van der Waals surface area (Å²) in [5.74, 6) is 0.449. The first kappa shape index (κ1) is 21.3. The third kappa shape index (κ3) is 7.31. The van der Waals surface area contributed by atoms with Gasteiger partial charge in [-0.2, -0.15) is 0 Å². The molecule has 6 nitrogen and oxygen atoms in total. The molecule has 0 aliphatic heterocycles. The van der Waals surface area contributed by atoms with Gasteiger partial charge in [0.1, 0.15) is 5.75 Å². The molecule has 2 rings (SSSR count). The molecule has 0 saturated heterocycles. The standard InChI is InChI=1S/C22H29N3O3/c1-3-5-12-23-22(27)17-8-6-9-18(14-17)24-16-21(26)25-19-10-7-11-20(15-19)28-13-4-2/h6-11,14-15,24H,3-5,12-13,16H2,1-2H3,(H,23,27)(H,25,26). The Bertz CT molecular complexity index is 777. The Labute approximate surface area is 166 Å². The van der Waals surface area contributed by atoms with Gasteiger partial charge in [-0.05, 0) is 43.2 Å². The summed E-state index contributed by atoms with van der Waals surface area (Å²) in [7, 11) is 0. The normalized spacial score (nSPS) is 10.2. The van der Waals surface area contributed by atoms with Crippen molar-refractivity contribution < 1.29 is 14.3 Å². The van der Waals surface area contributed by atoms with Crippen LogP contribution in [0.25, 0.3) is 0 Å². The molecule has 0 aliphatic carbocycles. The van der Waals surface area contributed by atoms with E-state index in [-0.39, 0.29) is 18.4 Å². The molecule has 2 amide bonds. The van der Waals surface area contributed by atoms with Crippen molar-refractivity contribution in [3.63, 3.8) is 0 Å². The van der Waals surface area contributed by atoms with Crippen LogP contribution >= 0.6 is 0 Å². The number of hydrogen-bond acceptors (Lipinski definition) is 4. The fourth-order valence-electron chi connectivity index (χ4n) is 2.52. The van der Waals surface area contributed by atoms with Gasteiger partial charge in [-0.1, -0.05) is 32.4 Å². The van der Waals surface area contributed by atoms with Crippen molar-refractivity contribution in [1.29, 1.82) is 0 Å². The number of amides is 2. The van der Waals surface area contributed by atoms with Gasteiger partial charge in [-0.15, -0.1) is 0 Å². The van der Waals surface area contributed by atoms with Crippen LogP contribution in [0, 0.1) is 0 Å². The Kier molecular flexibility index (Phi) is 8.85. The number of ether oxygens (including phenoxy) is 1. The molecule has 0 atom stereocenters. The monoisotopic (exact) mass is 383 g/mol. The molecule has 0 aliphatic rings. The maximum Gasteiger partial charge on any atom is 0.251 e. The fourth-order valence-corrected chi connectivity index (χ4v) is 2.52. The van der Waals surface area contributed by atoms with Gasteiger partial charge in [0, 0.05) is 29.5 Å². The van der Waals surface area contributed by atoms with E-state index in [1.54, 1.807) is 24.3 Å². The molecule has 6 heteroatoms. The van der Waals surface area contributed by atoms with Gasteiger partial charge in [-0.25, -0.2) is 0 Å². The second-order valence-corrected chi connectivity index (χ2v) is 6.47. The number of unbranched alkanes of at least 4 members (excludes halogenated alkanes) is 1. The fraction of sp³-hybridized carbons (Fsp3) is 0.364. The summed E-state index contributed by atoms with van der Waals surface area (Å²) >= 11 is 0. The Morgan fingerprint density at radius 3 is 2.54 bits per heavy atom. The lowest BCUT2D eigenvalue weighted by Crippen LogP contribution is -2.25. The van der Waals surface area contributed by atoms with E-state index < -0.39 is 0 Å². The summed E-state index contributed by atoms with van der Waals surface area (Å²) in [5.41, 5.74) is 1.98. The average molecular weight is 383 g/mol. The third-order valence-electron chi connectivity index (χ3n) is 3.98. The maximum absolute atomic E-state index is 12.2. The van der Waals surface area contributed by atoms with Crippen molar-refractivity contribution in [2.24, 2.45) is 0 Å². The minimum atomic E-state index is -0.176. The minimum Gasteiger partial charge on any atom is -0.494 e. The predicted molar refractivity (Wildman–Crippen MR) is 113 cm³/mol. The van der Waals surface area contributed by atoms with Gasteiger partial charge >= 0.3 is 0 Å². The second kappa shape index (κ2) is 11.6. The molecule has 2 aromatic rings. The zero-order chi connectivity index (χ0) is 20.2. The molecule has 0 heterocycles. The third-order valence-corrected chi connectivity index (χ3v) is 3.98. The number of rotatable bonds is 11. The zero-order valence-electron chi connectivity index (χ0n) is 16.6. The molecule has 0 unspecified atom stereocenters.